The summed E-state index contributed by atoms with van der Waals surface area (Å²) in [6.45, 7) is 8.39. The van der Waals surface area contributed by atoms with Crippen molar-refractivity contribution < 1.29 is 4.74 Å². The van der Waals surface area contributed by atoms with Crippen molar-refractivity contribution in [2.45, 2.75) is 34.2 Å². The van der Waals surface area contributed by atoms with Crippen molar-refractivity contribution in [3.05, 3.63) is 76.6 Å². The van der Waals surface area contributed by atoms with Gasteiger partial charge in [0.25, 0.3) is 0 Å². The highest BCUT2D eigenvalue weighted by atomic mass is 32.1. The number of guanidine groups is 1. The standard InChI is InChI=1S/C24H28N6OS/c1-15-8-6-11-21(18(15)4)28-24(32)30-22(29-23-26-16(2)12-17(3)27-23)25-14-19-9-7-10-20(13-19)31-5/h6-13H,14H2,1-5H3,(H3,25,26,27,28,29,30,32). The maximum Gasteiger partial charge on any atom is 0.229 e. The predicted octanol–water partition coefficient (Wildman–Crippen LogP) is 4.67. The molecule has 0 atom stereocenters. The summed E-state index contributed by atoms with van der Waals surface area (Å²) in [6.07, 6.45) is 0. The van der Waals surface area contributed by atoms with Gasteiger partial charge in [-0.15, -0.1) is 0 Å². The monoisotopic (exact) mass is 448 g/mol. The molecule has 7 nitrogen and oxygen atoms in total. The molecule has 0 aliphatic rings. The van der Waals surface area contributed by atoms with Crippen LogP contribution >= 0.6 is 12.2 Å². The molecule has 3 aromatic rings. The lowest BCUT2D eigenvalue weighted by atomic mass is 10.1. The third-order valence-electron chi connectivity index (χ3n) is 4.85. The number of aryl methyl sites for hydroxylation is 3. The first kappa shape index (κ1) is 23.1. The molecule has 0 aliphatic heterocycles. The van der Waals surface area contributed by atoms with Crippen molar-refractivity contribution in [1.29, 1.82) is 0 Å². The summed E-state index contributed by atoms with van der Waals surface area (Å²) in [6, 6.07) is 15.7. The summed E-state index contributed by atoms with van der Waals surface area (Å²) in [5.41, 5.74) is 5.99. The van der Waals surface area contributed by atoms with E-state index < -0.39 is 0 Å². The number of nitrogens with zero attached hydrogens (tertiary/aromatic N) is 3. The summed E-state index contributed by atoms with van der Waals surface area (Å²) in [4.78, 5) is 13.6. The quantitative estimate of drug-likeness (QED) is 0.297. The van der Waals surface area contributed by atoms with Crippen LogP contribution in [-0.4, -0.2) is 28.1 Å². The summed E-state index contributed by atoms with van der Waals surface area (Å²) in [5.74, 6) is 1.68. The molecule has 0 unspecified atom stereocenters. The lowest BCUT2D eigenvalue weighted by Crippen LogP contribution is -2.39. The van der Waals surface area contributed by atoms with Gasteiger partial charge in [0.05, 0.1) is 13.7 Å². The predicted molar refractivity (Wildman–Crippen MR) is 135 cm³/mol. The van der Waals surface area contributed by atoms with E-state index in [4.69, 9.17) is 17.0 Å². The zero-order valence-electron chi connectivity index (χ0n) is 19.0. The van der Waals surface area contributed by atoms with Crippen LogP contribution in [0.2, 0.25) is 0 Å². The second-order valence-corrected chi connectivity index (χ2v) is 7.85. The van der Waals surface area contributed by atoms with Gasteiger partial charge in [-0.25, -0.2) is 15.0 Å². The van der Waals surface area contributed by atoms with Crippen molar-refractivity contribution in [2.24, 2.45) is 4.99 Å². The normalized spacial score (nSPS) is 11.1. The molecular formula is C24H28N6OS. The number of aromatic nitrogens is 2. The number of nitrogens with one attached hydrogen (secondary N) is 3. The van der Waals surface area contributed by atoms with Crippen molar-refractivity contribution in [1.82, 2.24) is 15.3 Å². The van der Waals surface area contributed by atoms with E-state index in [2.05, 4.69) is 50.8 Å². The van der Waals surface area contributed by atoms with Crippen LogP contribution in [0.15, 0.2) is 53.5 Å². The molecule has 0 aliphatic carbocycles. The molecule has 0 bridgehead atoms. The van der Waals surface area contributed by atoms with Gasteiger partial charge in [-0.3, -0.25) is 5.32 Å². The molecule has 0 saturated heterocycles. The fraction of sp³-hybridized carbons (Fsp3) is 0.250. The molecule has 3 rings (SSSR count). The number of hydrogen-bond acceptors (Lipinski definition) is 5. The molecule has 0 spiro atoms. The van der Waals surface area contributed by atoms with E-state index in [-0.39, 0.29) is 0 Å². The zero-order chi connectivity index (χ0) is 23.1. The maximum absolute atomic E-state index is 5.55. The minimum Gasteiger partial charge on any atom is -0.497 e. The number of benzene rings is 2. The zero-order valence-corrected chi connectivity index (χ0v) is 19.8. The number of thiocarbonyl (C=S) groups is 1. The summed E-state index contributed by atoms with van der Waals surface area (Å²) >= 11 is 5.55. The van der Waals surface area contributed by atoms with Crippen LogP contribution in [0.1, 0.15) is 28.1 Å². The summed E-state index contributed by atoms with van der Waals surface area (Å²) < 4.78 is 5.30. The number of ether oxygens (including phenoxy) is 1. The Morgan fingerprint density at radius 2 is 1.69 bits per heavy atom. The molecule has 32 heavy (non-hydrogen) atoms. The van der Waals surface area contributed by atoms with Crippen LogP contribution in [-0.2, 0) is 6.54 Å². The molecular weight excluding hydrogens is 420 g/mol. The summed E-state index contributed by atoms with van der Waals surface area (Å²) in [7, 11) is 1.64. The Hall–Kier alpha value is -3.52. The van der Waals surface area contributed by atoms with E-state index >= 15 is 0 Å². The molecule has 2 aromatic carbocycles. The largest absolute Gasteiger partial charge is 0.497 e. The average Bonchev–Trinajstić information content (AvgIpc) is 2.74. The third kappa shape index (κ3) is 6.49. The number of rotatable bonds is 5. The molecule has 3 N–H and O–H groups in total. The van der Waals surface area contributed by atoms with Gasteiger partial charge in [0.2, 0.25) is 11.9 Å². The van der Waals surface area contributed by atoms with E-state index in [9.17, 15) is 0 Å². The van der Waals surface area contributed by atoms with Crippen LogP contribution in [0.5, 0.6) is 5.75 Å². The highest BCUT2D eigenvalue weighted by molar-refractivity contribution is 7.80. The molecule has 1 heterocycles. The minimum absolute atomic E-state index is 0.417. The Morgan fingerprint density at radius 3 is 2.41 bits per heavy atom. The Kier molecular flexibility index (Phi) is 7.72. The molecule has 0 radical (unpaired) electrons. The number of aliphatic imine (C=N–C) groups is 1. The smallest absolute Gasteiger partial charge is 0.229 e. The third-order valence-corrected chi connectivity index (χ3v) is 5.06. The van der Waals surface area contributed by atoms with Gasteiger partial charge in [0, 0.05) is 17.1 Å². The first-order chi connectivity index (χ1) is 15.3. The first-order valence-corrected chi connectivity index (χ1v) is 10.7. The van der Waals surface area contributed by atoms with Gasteiger partial charge in [-0.1, -0.05) is 24.3 Å². The van der Waals surface area contributed by atoms with E-state index in [1.165, 1.54) is 5.56 Å². The SMILES string of the molecule is COc1cccc(CN=C(NC(=S)Nc2cccc(C)c2C)Nc2nc(C)cc(C)n2)c1. The molecule has 0 amide bonds. The van der Waals surface area contributed by atoms with Gasteiger partial charge in [0.15, 0.2) is 5.11 Å². The van der Waals surface area contributed by atoms with Gasteiger partial charge >= 0.3 is 0 Å². The Morgan fingerprint density at radius 1 is 0.969 bits per heavy atom. The second kappa shape index (κ2) is 10.7. The maximum atomic E-state index is 5.55. The highest BCUT2D eigenvalue weighted by Crippen LogP contribution is 2.18. The van der Waals surface area contributed by atoms with Crippen LogP contribution in [0, 0.1) is 27.7 Å². The Labute approximate surface area is 194 Å². The van der Waals surface area contributed by atoms with Crippen molar-refractivity contribution in [2.75, 3.05) is 17.7 Å². The summed E-state index contributed by atoms with van der Waals surface area (Å²) in [5, 5.41) is 9.97. The van der Waals surface area contributed by atoms with E-state index in [1.54, 1.807) is 7.11 Å². The lowest BCUT2D eigenvalue weighted by molar-refractivity contribution is 0.414. The molecule has 0 fully saturated rings. The number of anilines is 2. The highest BCUT2D eigenvalue weighted by Gasteiger charge is 2.09. The number of hydrogen-bond donors (Lipinski definition) is 3. The molecule has 8 heteroatoms. The lowest BCUT2D eigenvalue weighted by Gasteiger charge is -2.16. The van der Waals surface area contributed by atoms with Gasteiger partial charge in [-0.2, -0.15) is 0 Å². The first-order valence-electron chi connectivity index (χ1n) is 10.2. The van der Waals surface area contributed by atoms with E-state index in [1.807, 2.05) is 56.3 Å². The van der Waals surface area contributed by atoms with Crippen LogP contribution in [0.25, 0.3) is 0 Å². The van der Waals surface area contributed by atoms with Crippen LogP contribution < -0.4 is 20.7 Å². The fourth-order valence-electron chi connectivity index (χ4n) is 3.09. The van der Waals surface area contributed by atoms with Crippen LogP contribution in [0.3, 0.4) is 0 Å². The Balaban J connectivity index is 1.81. The van der Waals surface area contributed by atoms with Crippen LogP contribution in [0.4, 0.5) is 11.6 Å². The second-order valence-electron chi connectivity index (χ2n) is 7.44. The van der Waals surface area contributed by atoms with E-state index in [0.717, 1.165) is 34.0 Å². The van der Waals surface area contributed by atoms with Crippen molar-refractivity contribution in [3.63, 3.8) is 0 Å². The van der Waals surface area contributed by atoms with Crippen molar-refractivity contribution in [3.8, 4) is 5.75 Å². The topological polar surface area (TPSA) is 83.5 Å². The molecule has 0 saturated carbocycles. The van der Waals surface area contributed by atoms with Crippen molar-refractivity contribution >= 4 is 34.9 Å². The fourth-order valence-corrected chi connectivity index (χ4v) is 3.29. The van der Waals surface area contributed by atoms with Gasteiger partial charge in [0.1, 0.15) is 5.75 Å². The minimum atomic E-state index is 0.417. The number of methoxy groups -OCH3 is 1. The molecule has 166 valence electrons. The van der Waals surface area contributed by atoms with Gasteiger partial charge in [-0.05, 0) is 80.9 Å². The Bertz CT molecular complexity index is 1120. The molecule has 1 aromatic heterocycles. The van der Waals surface area contributed by atoms with E-state index in [0.29, 0.717) is 23.6 Å². The average molecular weight is 449 g/mol. The van der Waals surface area contributed by atoms with Gasteiger partial charge < -0.3 is 15.4 Å².